The predicted octanol–water partition coefficient (Wildman–Crippen LogP) is 1.09. The maximum absolute atomic E-state index is 5.29. The predicted molar refractivity (Wildman–Crippen MR) is 69.6 cm³/mol. The smallest absolute Gasteiger partial charge is 0.0928 e. The van der Waals surface area contributed by atoms with Gasteiger partial charge in [-0.2, -0.15) is 5.10 Å². The monoisotopic (exact) mass is 249 g/mol. The third kappa shape index (κ3) is 3.07. The Morgan fingerprint density at radius 1 is 1.39 bits per heavy atom. The van der Waals surface area contributed by atoms with Gasteiger partial charge in [-0.25, -0.2) is 4.52 Å². The topological polar surface area (TPSA) is 47.8 Å². The minimum absolute atomic E-state index is 0.0804. The van der Waals surface area contributed by atoms with Gasteiger partial charge in [0.1, 0.15) is 0 Å². The lowest BCUT2D eigenvalue weighted by atomic mass is 10.2. The Bertz CT molecular complexity index is 484. The van der Waals surface area contributed by atoms with Crippen LogP contribution in [0.2, 0.25) is 0 Å². The van der Waals surface area contributed by atoms with Crippen molar-refractivity contribution in [3.63, 3.8) is 0 Å². The van der Waals surface area contributed by atoms with E-state index in [2.05, 4.69) is 16.5 Å². The zero-order valence-corrected chi connectivity index (χ0v) is 10.8. The van der Waals surface area contributed by atoms with Crippen molar-refractivity contribution in [2.24, 2.45) is 0 Å². The first kappa shape index (κ1) is 13.0. The summed E-state index contributed by atoms with van der Waals surface area (Å²) >= 11 is 0. The molecule has 18 heavy (non-hydrogen) atoms. The lowest BCUT2D eigenvalue weighted by molar-refractivity contribution is 0.0288. The van der Waals surface area contributed by atoms with E-state index in [1.54, 1.807) is 14.2 Å². The molecule has 0 aromatic carbocycles. The first-order chi connectivity index (χ1) is 8.85. The molecule has 0 radical (unpaired) electrons. The Morgan fingerprint density at radius 3 is 3.06 bits per heavy atom. The maximum atomic E-state index is 5.29. The summed E-state index contributed by atoms with van der Waals surface area (Å²) in [5, 5.41) is 7.65. The van der Waals surface area contributed by atoms with Gasteiger partial charge < -0.3 is 14.8 Å². The van der Waals surface area contributed by atoms with E-state index in [1.807, 2.05) is 29.0 Å². The van der Waals surface area contributed by atoms with Crippen LogP contribution in [0.4, 0.5) is 0 Å². The van der Waals surface area contributed by atoms with Gasteiger partial charge in [0.15, 0.2) is 0 Å². The van der Waals surface area contributed by atoms with Crippen LogP contribution >= 0.6 is 0 Å². The molecule has 0 bridgehead atoms. The van der Waals surface area contributed by atoms with E-state index in [0.29, 0.717) is 6.61 Å². The standard InChI is InChI=1S/C13H19N3O2/c1-17-10-12(18-2)9-14-7-11-8-15-16-6-4-3-5-13(11)16/h3-6,8,12,14H,7,9-10H2,1-2H3. The second-order valence-corrected chi connectivity index (χ2v) is 4.14. The molecule has 0 spiro atoms. The maximum Gasteiger partial charge on any atom is 0.0928 e. The Balaban J connectivity index is 1.90. The van der Waals surface area contributed by atoms with Crippen molar-refractivity contribution in [1.29, 1.82) is 0 Å². The molecule has 0 aliphatic heterocycles. The average molecular weight is 249 g/mol. The average Bonchev–Trinajstić information content (AvgIpc) is 2.81. The van der Waals surface area contributed by atoms with Gasteiger partial charge in [0.2, 0.25) is 0 Å². The third-order valence-electron chi connectivity index (χ3n) is 2.88. The SMILES string of the molecule is COCC(CNCc1cnn2ccccc12)OC. The van der Waals surface area contributed by atoms with E-state index in [4.69, 9.17) is 9.47 Å². The first-order valence-electron chi connectivity index (χ1n) is 5.99. The number of rotatable bonds is 7. The van der Waals surface area contributed by atoms with Crippen molar-refractivity contribution in [3.05, 3.63) is 36.2 Å². The van der Waals surface area contributed by atoms with Gasteiger partial charge >= 0.3 is 0 Å². The summed E-state index contributed by atoms with van der Waals surface area (Å²) in [7, 11) is 3.37. The summed E-state index contributed by atoms with van der Waals surface area (Å²) in [4.78, 5) is 0. The zero-order chi connectivity index (χ0) is 12.8. The lowest BCUT2D eigenvalue weighted by Gasteiger charge is -2.14. The number of methoxy groups -OCH3 is 2. The molecule has 5 heteroatoms. The van der Waals surface area contributed by atoms with Crippen LogP contribution in [0.5, 0.6) is 0 Å². The Hall–Kier alpha value is -1.43. The van der Waals surface area contributed by atoms with Crippen LogP contribution in [-0.4, -0.2) is 43.1 Å². The van der Waals surface area contributed by atoms with E-state index < -0.39 is 0 Å². The first-order valence-corrected chi connectivity index (χ1v) is 5.99. The number of pyridine rings is 1. The van der Waals surface area contributed by atoms with Crippen LogP contribution in [-0.2, 0) is 16.0 Å². The molecule has 0 aliphatic carbocycles. The van der Waals surface area contributed by atoms with Crippen LogP contribution in [0.25, 0.3) is 5.52 Å². The minimum atomic E-state index is 0.0804. The van der Waals surface area contributed by atoms with Crippen LogP contribution in [0.3, 0.4) is 0 Å². The van der Waals surface area contributed by atoms with Gasteiger partial charge in [0.05, 0.1) is 24.4 Å². The molecule has 1 atom stereocenters. The molecular weight excluding hydrogens is 230 g/mol. The van der Waals surface area contributed by atoms with Crippen molar-refractivity contribution in [1.82, 2.24) is 14.9 Å². The Kier molecular flexibility index (Phi) is 4.69. The number of aromatic nitrogens is 2. The highest BCUT2D eigenvalue weighted by Gasteiger charge is 2.07. The highest BCUT2D eigenvalue weighted by molar-refractivity contribution is 5.53. The fourth-order valence-corrected chi connectivity index (χ4v) is 1.89. The molecular formula is C13H19N3O2. The van der Waals surface area contributed by atoms with Gasteiger partial charge in [-0.05, 0) is 12.1 Å². The molecule has 98 valence electrons. The molecule has 2 rings (SSSR count). The molecule has 2 heterocycles. The normalized spacial score (nSPS) is 13.0. The number of ether oxygens (including phenoxy) is 2. The van der Waals surface area contributed by atoms with Crippen LogP contribution in [0.1, 0.15) is 5.56 Å². The van der Waals surface area contributed by atoms with Crippen LogP contribution < -0.4 is 5.32 Å². The van der Waals surface area contributed by atoms with E-state index in [1.165, 1.54) is 5.56 Å². The van der Waals surface area contributed by atoms with Crippen molar-refractivity contribution in [3.8, 4) is 0 Å². The number of nitrogens with zero attached hydrogens (tertiary/aromatic N) is 2. The van der Waals surface area contributed by atoms with E-state index in [-0.39, 0.29) is 6.10 Å². The third-order valence-corrected chi connectivity index (χ3v) is 2.88. The molecule has 0 fully saturated rings. The van der Waals surface area contributed by atoms with E-state index in [9.17, 15) is 0 Å². The lowest BCUT2D eigenvalue weighted by Crippen LogP contribution is -2.31. The second kappa shape index (κ2) is 6.49. The van der Waals surface area contributed by atoms with Crippen LogP contribution in [0.15, 0.2) is 30.6 Å². The molecule has 1 unspecified atom stereocenters. The van der Waals surface area contributed by atoms with Crippen molar-refractivity contribution < 1.29 is 9.47 Å². The summed E-state index contributed by atoms with van der Waals surface area (Å²) in [5.41, 5.74) is 2.31. The summed E-state index contributed by atoms with van der Waals surface area (Å²) in [6.45, 7) is 2.13. The van der Waals surface area contributed by atoms with E-state index >= 15 is 0 Å². The molecule has 0 saturated heterocycles. The van der Waals surface area contributed by atoms with Gasteiger partial charge in [-0.15, -0.1) is 0 Å². The Labute approximate surface area is 107 Å². The fraction of sp³-hybridized carbons (Fsp3) is 0.462. The number of hydrogen-bond donors (Lipinski definition) is 1. The summed E-state index contributed by atoms with van der Waals surface area (Å²) in [5.74, 6) is 0. The molecule has 0 amide bonds. The van der Waals surface area contributed by atoms with Crippen LogP contribution in [0, 0.1) is 0 Å². The number of fused-ring (bicyclic) bond motifs is 1. The quantitative estimate of drug-likeness (QED) is 0.798. The molecule has 2 aromatic rings. The summed E-state index contributed by atoms with van der Waals surface area (Å²) < 4.78 is 12.2. The summed E-state index contributed by atoms with van der Waals surface area (Å²) in [6.07, 6.45) is 3.92. The summed E-state index contributed by atoms with van der Waals surface area (Å²) in [6, 6.07) is 6.05. The molecule has 0 aliphatic rings. The highest BCUT2D eigenvalue weighted by Crippen LogP contribution is 2.09. The number of hydrogen-bond acceptors (Lipinski definition) is 4. The van der Waals surface area contributed by atoms with Gasteiger partial charge in [0, 0.05) is 39.1 Å². The van der Waals surface area contributed by atoms with Crippen molar-refractivity contribution in [2.45, 2.75) is 12.6 Å². The second-order valence-electron chi connectivity index (χ2n) is 4.14. The highest BCUT2D eigenvalue weighted by atomic mass is 16.5. The molecule has 0 saturated carbocycles. The number of nitrogens with one attached hydrogen (secondary N) is 1. The van der Waals surface area contributed by atoms with Crippen molar-refractivity contribution in [2.75, 3.05) is 27.4 Å². The van der Waals surface area contributed by atoms with Gasteiger partial charge in [-0.1, -0.05) is 6.07 Å². The van der Waals surface area contributed by atoms with Gasteiger partial charge in [-0.3, -0.25) is 0 Å². The van der Waals surface area contributed by atoms with Crippen molar-refractivity contribution >= 4 is 5.52 Å². The molecule has 5 nitrogen and oxygen atoms in total. The zero-order valence-electron chi connectivity index (χ0n) is 10.8. The fourth-order valence-electron chi connectivity index (χ4n) is 1.89. The minimum Gasteiger partial charge on any atom is -0.382 e. The largest absolute Gasteiger partial charge is 0.382 e. The van der Waals surface area contributed by atoms with Gasteiger partial charge in [0.25, 0.3) is 0 Å². The molecule has 2 aromatic heterocycles. The molecule has 1 N–H and O–H groups in total. The Morgan fingerprint density at radius 2 is 2.28 bits per heavy atom. The van der Waals surface area contributed by atoms with E-state index in [0.717, 1.165) is 18.6 Å².